The molecule has 146 valence electrons. The largest absolute Gasteiger partial charge is 0.465 e. The minimum Gasteiger partial charge on any atom is -0.465 e. The lowest BCUT2D eigenvalue weighted by Crippen LogP contribution is -2.42. The number of halogens is 2. The molecular formula is C20H26F2N4O. The molecule has 1 saturated heterocycles. The van der Waals surface area contributed by atoms with Crippen molar-refractivity contribution < 1.29 is 13.2 Å². The Labute approximate surface area is 158 Å². The summed E-state index contributed by atoms with van der Waals surface area (Å²) in [7, 11) is 1.65. The van der Waals surface area contributed by atoms with E-state index >= 15 is 0 Å². The number of hydrogen-bond acceptors (Lipinski definition) is 3. The Kier molecular flexibility index (Phi) is 6.45. The van der Waals surface area contributed by atoms with E-state index in [9.17, 15) is 8.78 Å². The highest BCUT2D eigenvalue weighted by Crippen LogP contribution is 2.26. The Hall–Kier alpha value is -2.41. The van der Waals surface area contributed by atoms with Crippen LogP contribution in [0.2, 0.25) is 0 Å². The number of aliphatic imine (C=N–C) groups is 1. The smallest absolute Gasteiger partial charge is 0.191 e. The highest BCUT2D eigenvalue weighted by molar-refractivity contribution is 5.79. The van der Waals surface area contributed by atoms with E-state index in [2.05, 4.69) is 20.5 Å². The summed E-state index contributed by atoms with van der Waals surface area (Å²) in [5.41, 5.74) is 0.260. The highest BCUT2D eigenvalue weighted by Gasteiger charge is 2.26. The predicted molar refractivity (Wildman–Crippen MR) is 102 cm³/mol. The van der Waals surface area contributed by atoms with E-state index in [-0.39, 0.29) is 18.2 Å². The van der Waals surface area contributed by atoms with Gasteiger partial charge in [0.15, 0.2) is 5.96 Å². The van der Waals surface area contributed by atoms with Crippen molar-refractivity contribution in [2.45, 2.75) is 32.4 Å². The van der Waals surface area contributed by atoms with Crippen LogP contribution in [0, 0.1) is 18.6 Å². The summed E-state index contributed by atoms with van der Waals surface area (Å²) in [4.78, 5) is 6.58. The highest BCUT2D eigenvalue weighted by atomic mass is 19.1. The summed E-state index contributed by atoms with van der Waals surface area (Å²) in [6, 6.07) is 7.51. The third-order valence-electron chi connectivity index (χ3n) is 4.81. The van der Waals surface area contributed by atoms with Gasteiger partial charge in [0.2, 0.25) is 0 Å². The quantitative estimate of drug-likeness (QED) is 0.600. The van der Waals surface area contributed by atoms with Gasteiger partial charge in [0.05, 0.1) is 6.04 Å². The van der Waals surface area contributed by atoms with Gasteiger partial charge in [0.25, 0.3) is 0 Å². The number of likely N-dealkylation sites (tertiary alicyclic amines) is 1. The van der Waals surface area contributed by atoms with Crippen LogP contribution >= 0.6 is 0 Å². The molecule has 1 aromatic carbocycles. The molecule has 0 aliphatic carbocycles. The summed E-state index contributed by atoms with van der Waals surface area (Å²) >= 11 is 0. The fourth-order valence-corrected chi connectivity index (χ4v) is 3.37. The monoisotopic (exact) mass is 376 g/mol. The molecule has 1 aliphatic heterocycles. The topological polar surface area (TPSA) is 52.8 Å². The van der Waals surface area contributed by atoms with Gasteiger partial charge in [-0.05, 0) is 63.2 Å². The maximum atomic E-state index is 13.8. The molecule has 0 amide bonds. The number of furan rings is 1. The number of benzene rings is 1. The molecule has 1 fully saturated rings. The Balaban J connectivity index is 1.61. The minimum absolute atomic E-state index is 0.102. The van der Waals surface area contributed by atoms with Gasteiger partial charge < -0.3 is 15.1 Å². The molecule has 1 aliphatic rings. The van der Waals surface area contributed by atoms with Crippen molar-refractivity contribution in [3.63, 3.8) is 0 Å². The lowest BCUT2D eigenvalue weighted by molar-refractivity contribution is 0.213. The second-order valence-corrected chi connectivity index (χ2v) is 6.75. The van der Waals surface area contributed by atoms with E-state index in [1.54, 1.807) is 7.05 Å². The number of guanidine groups is 1. The van der Waals surface area contributed by atoms with E-state index in [4.69, 9.17) is 4.42 Å². The molecular weight excluding hydrogens is 350 g/mol. The van der Waals surface area contributed by atoms with Crippen LogP contribution in [0.3, 0.4) is 0 Å². The maximum absolute atomic E-state index is 13.8. The molecule has 27 heavy (non-hydrogen) atoms. The third kappa shape index (κ3) is 5.07. The van der Waals surface area contributed by atoms with Crippen molar-refractivity contribution in [2.75, 3.05) is 26.7 Å². The van der Waals surface area contributed by atoms with E-state index in [1.807, 2.05) is 19.1 Å². The molecule has 0 bridgehead atoms. The van der Waals surface area contributed by atoms with E-state index in [1.165, 1.54) is 18.9 Å². The average Bonchev–Trinajstić information content (AvgIpc) is 3.33. The molecule has 0 radical (unpaired) electrons. The molecule has 1 unspecified atom stereocenters. The molecule has 7 heteroatoms. The normalized spacial score (nSPS) is 16.5. The Bertz CT molecular complexity index is 784. The fraction of sp³-hybridized carbons (Fsp3) is 0.450. The van der Waals surface area contributed by atoms with E-state index in [0.717, 1.165) is 36.7 Å². The van der Waals surface area contributed by atoms with Gasteiger partial charge in [-0.15, -0.1) is 0 Å². The van der Waals surface area contributed by atoms with Crippen molar-refractivity contribution in [1.29, 1.82) is 0 Å². The second kappa shape index (κ2) is 8.99. The molecule has 1 aromatic heterocycles. The van der Waals surface area contributed by atoms with Gasteiger partial charge in [-0.25, -0.2) is 8.78 Å². The second-order valence-electron chi connectivity index (χ2n) is 6.75. The summed E-state index contributed by atoms with van der Waals surface area (Å²) < 4.78 is 32.9. The zero-order valence-electron chi connectivity index (χ0n) is 15.8. The van der Waals surface area contributed by atoms with Crippen molar-refractivity contribution >= 4 is 5.96 Å². The standard InChI is InChI=1S/C20H26F2N4O/c1-14-5-8-19(27-14)18(26-9-3-4-10-26)13-25-20(23-2)24-12-15-11-16(21)6-7-17(15)22/h5-8,11,18H,3-4,9-10,12-13H2,1-2H3,(H2,23,24,25). The Morgan fingerprint density at radius 2 is 1.96 bits per heavy atom. The molecule has 5 nitrogen and oxygen atoms in total. The molecule has 2 heterocycles. The lowest BCUT2D eigenvalue weighted by atomic mass is 10.2. The van der Waals surface area contributed by atoms with Crippen LogP contribution in [-0.4, -0.2) is 37.5 Å². The number of hydrogen-bond donors (Lipinski definition) is 2. The first-order chi connectivity index (χ1) is 13.1. The van der Waals surface area contributed by atoms with Crippen LogP contribution in [0.1, 0.15) is 36.0 Å². The predicted octanol–water partition coefficient (Wildman–Crippen LogP) is 3.37. The van der Waals surface area contributed by atoms with Gasteiger partial charge in [0, 0.05) is 25.7 Å². The third-order valence-corrected chi connectivity index (χ3v) is 4.81. The van der Waals surface area contributed by atoms with Gasteiger partial charge in [-0.1, -0.05) is 0 Å². The number of nitrogens with zero attached hydrogens (tertiary/aromatic N) is 2. The van der Waals surface area contributed by atoms with Gasteiger partial charge in [-0.2, -0.15) is 0 Å². The first-order valence-corrected chi connectivity index (χ1v) is 9.25. The number of rotatable bonds is 6. The Morgan fingerprint density at radius 3 is 2.63 bits per heavy atom. The summed E-state index contributed by atoms with van der Waals surface area (Å²) in [5, 5.41) is 6.32. The molecule has 0 saturated carbocycles. The van der Waals surface area contributed by atoms with Crippen LogP contribution in [0.25, 0.3) is 0 Å². The van der Waals surface area contributed by atoms with Crippen LogP contribution in [0.5, 0.6) is 0 Å². The van der Waals surface area contributed by atoms with Gasteiger partial charge in [-0.3, -0.25) is 9.89 Å². The van der Waals surface area contributed by atoms with Crippen molar-refractivity contribution in [1.82, 2.24) is 15.5 Å². The van der Waals surface area contributed by atoms with Gasteiger partial charge in [0.1, 0.15) is 23.2 Å². The fourth-order valence-electron chi connectivity index (χ4n) is 3.37. The van der Waals surface area contributed by atoms with Crippen LogP contribution in [0.4, 0.5) is 8.78 Å². The lowest BCUT2D eigenvalue weighted by Gasteiger charge is -2.26. The summed E-state index contributed by atoms with van der Waals surface area (Å²) in [6.45, 7) is 4.76. The van der Waals surface area contributed by atoms with Crippen LogP contribution < -0.4 is 10.6 Å². The zero-order valence-corrected chi connectivity index (χ0v) is 15.8. The van der Waals surface area contributed by atoms with E-state index < -0.39 is 11.6 Å². The number of nitrogens with one attached hydrogen (secondary N) is 2. The first-order valence-electron chi connectivity index (χ1n) is 9.25. The Morgan fingerprint density at radius 1 is 1.19 bits per heavy atom. The molecule has 2 N–H and O–H groups in total. The zero-order chi connectivity index (χ0) is 19.2. The van der Waals surface area contributed by atoms with Gasteiger partial charge >= 0.3 is 0 Å². The summed E-state index contributed by atoms with van der Waals surface area (Å²) in [5.74, 6) is 1.44. The average molecular weight is 376 g/mol. The van der Waals surface area contributed by atoms with Crippen molar-refractivity contribution in [2.24, 2.45) is 4.99 Å². The summed E-state index contributed by atoms with van der Waals surface area (Å²) in [6.07, 6.45) is 2.37. The SMILES string of the molecule is CN=C(NCc1cc(F)ccc1F)NCC(c1ccc(C)o1)N1CCCC1. The molecule has 1 atom stereocenters. The first kappa shape index (κ1) is 19.4. The van der Waals surface area contributed by atoms with Crippen LogP contribution in [0.15, 0.2) is 39.7 Å². The van der Waals surface area contributed by atoms with Crippen molar-refractivity contribution in [3.05, 3.63) is 59.1 Å². The maximum Gasteiger partial charge on any atom is 0.191 e. The molecule has 2 aromatic rings. The minimum atomic E-state index is -0.460. The van der Waals surface area contributed by atoms with Crippen LogP contribution in [-0.2, 0) is 6.54 Å². The van der Waals surface area contributed by atoms with E-state index in [0.29, 0.717) is 12.5 Å². The number of aryl methyl sites for hydroxylation is 1. The molecule has 3 rings (SSSR count). The molecule has 0 spiro atoms. The van der Waals surface area contributed by atoms with Crippen molar-refractivity contribution in [3.8, 4) is 0 Å².